The molecule has 1 aliphatic rings. The first-order chi connectivity index (χ1) is 14.2. The molecule has 4 rings (SSSR count). The lowest BCUT2D eigenvalue weighted by Gasteiger charge is -2.51. The van der Waals surface area contributed by atoms with Crippen molar-refractivity contribution in [2.45, 2.75) is 50.2 Å². The van der Waals surface area contributed by atoms with Gasteiger partial charge in [-0.05, 0) is 44.4 Å². The third kappa shape index (κ3) is 3.54. The number of aromatic nitrogens is 3. The predicted octanol–water partition coefficient (Wildman–Crippen LogP) is 4.74. The molecule has 1 atom stereocenters. The van der Waals surface area contributed by atoms with Crippen LogP contribution in [0.4, 0.5) is 5.69 Å². The van der Waals surface area contributed by atoms with Crippen LogP contribution in [0.25, 0.3) is 0 Å². The minimum absolute atomic E-state index is 0.0909. The molecule has 2 heterocycles. The molecule has 0 saturated heterocycles. The summed E-state index contributed by atoms with van der Waals surface area (Å²) in [5.74, 6) is 0.416. The fraction of sp³-hybridized carbons (Fsp3) is 0.375. The van der Waals surface area contributed by atoms with Crippen LogP contribution in [0.15, 0.2) is 60.0 Å². The first-order valence-corrected chi connectivity index (χ1v) is 11.2. The lowest BCUT2D eigenvalue weighted by molar-refractivity contribution is -0.117. The van der Waals surface area contributed by atoms with Crippen LogP contribution in [0, 0.1) is 6.92 Å². The summed E-state index contributed by atoms with van der Waals surface area (Å²) in [5.41, 5.74) is 4.21. The molecule has 1 unspecified atom stereocenters. The van der Waals surface area contributed by atoms with Crippen molar-refractivity contribution in [1.82, 2.24) is 14.8 Å². The van der Waals surface area contributed by atoms with E-state index in [1.165, 1.54) is 28.5 Å². The molecule has 156 valence electrons. The van der Waals surface area contributed by atoms with Crippen LogP contribution in [-0.2, 0) is 17.3 Å². The Balaban J connectivity index is 1.75. The molecule has 0 fully saturated rings. The fourth-order valence-electron chi connectivity index (χ4n) is 4.78. The Morgan fingerprint density at radius 3 is 2.53 bits per heavy atom. The van der Waals surface area contributed by atoms with E-state index in [9.17, 15) is 4.79 Å². The summed E-state index contributed by atoms with van der Waals surface area (Å²) in [6, 6.07) is 17.1. The maximum absolute atomic E-state index is 13.5. The van der Waals surface area contributed by atoms with Gasteiger partial charge in [0.1, 0.15) is 6.33 Å². The van der Waals surface area contributed by atoms with Gasteiger partial charge in [0.25, 0.3) is 0 Å². The second-order valence-electron chi connectivity index (χ2n) is 8.95. The van der Waals surface area contributed by atoms with E-state index in [0.29, 0.717) is 5.75 Å². The van der Waals surface area contributed by atoms with Crippen molar-refractivity contribution in [3.05, 3.63) is 71.5 Å². The van der Waals surface area contributed by atoms with Crippen molar-refractivity contribution in [2.75, 3.05) is 10.7 Å². The maximum atomic E-state index is 13.5. The lowest BCUT2D eigenvalue weighted by Crippen LogP contribution is -2.56. The Labute approximate surface area is 182 Å². The zero-order valence-corrected chi connectivity index (χ0v) is 19.0. The Hall–Kier alpha value is -2.60. The van der Waals surface area contributed by atoms with Crippen LogP contribution in [0.2, 0.25) is 0 Å². The van der Waals surface area contributed by atoms with Gasteiger partial charge in [0.15, 0.2) is 5.16 Å². The highest BCUT2D eigenvalue weighted by Crippen LogP contribution is 2.50. The number of anilines is 1. The monoisotopic (exact) mass is 420 g/mol. The van der Waals surface area contributed by atoms with Gasteiger partial charge in [0.05, 0.1) is 5.75 Å². The number of nitrogens with zero attached hydrogens (tertiary/aromatic N) is 4. The smallest absolute Gasteiger partial charge is 0.237 e. The van der Waals surface area contributed by atoms with E-state index in [1.54, 1.807) is 6.33 Å². The van der Waals surface area contributed by atoms with Crippen molar-refractivity contribution < 1.29 is 4.79 Å². The second kappa shape index (κ2) is 7.58. The third-order valence-corrected chi connectivity index (χ3v) is 7.05. The molecule has 0 spiro atoms. The Bertz CT molecular complexity index is 1080. The van der Waals surface area contributed by atoms with Crippen LogP contribution in [0.1, 0.15) is 43.9 Å². The van der Waals surface area contributed by atoms with E-state index in [-0.39, 0.29) is 16.9 Å². The molecule has 0 radical (unpaired) electrons. The summed E-state index contributed by atoms with van der Waals surface area (Å²) in [5, 5.41) is 8.75. The van der Waals surface area contributed by atoms with Gasteiger partial charge >= 0.3 is 0 Å². The number of benzene rings is 2. The summed E-state index contributed by atoms with van der Waals surface area (Å²) >= 11 is 1.43. The fourth-order valence-corrected chi connectivity index (χ4v) is 5.52. The van der Waals surface area contributed by atoms with Crippen molar-refractivity contribution in [1.29, 1.82) is 0 Å². The Kier molecular flexibility index (Phi) is 5.22. The minimum Gasteiger partial charge on any atom is -0.312 e. The zero-order valence-electron chi connectivity index (χ0n) is 18.2. The molecule has 5 nitrogen and oxygen atoms in total. The van der Waals surface area contributed by atoms with Gasteiger partial charge in [-0.15, -0.1) is 10.2 Å². The summed E-state index contributed by atoms with van der Waals surface area (Å²) in [6.07, 6.45) is 2.50. The molecule has 0 saturated carbocycles. The highest BCUT2D eigenvalue weighted by Gasteiger charge is 2.47. The first kappa shape index (κ1) is 20.7. The largest absolute Gasteiger partial charge is 0.312 e. The van der Waals surface area contributed by atoms with E-state index in [1.807, 2.05) is 16.5 Å². The predicted molar refractivity (Wildman–Crippen MR) is 122 cm³/mol. The highest BCUT2D eigenvalue weighted by atomic mass is 32.2. The first-order valence-electron chi connectivity index (χ1n) is 10.2. The van der Waals surface area contributed by atoms with Crippen molar-refractivity contribution >= 4 is 23.4 Å². The van der Waals surface area contributed by atoms with E-state index in [0.717, 1.165) is 17.3 Å². The number of fused-ring (bicyclic) bond motifs is 1. The van der Waals surface area contributed by atoms with E-state index in [2.05, 4.69) is 86.4 Å². The number of aryl methyl sites for hydroxylation is 2. The zero-order chi connectivity index (χ0) is 21.5. The summed E-state index contributed by atoms with van der Waals surface area (Å²) in [4.78, 5) is 15.5. The second-order valence-corrected chi connectivity index (χ2v) is 9.89. The van der Waals surface area contributed by atoms with Gasteiger partial charge in [-0.25, -0.2) is 0 Å². The molecule has 0 N–H and O–H groups in total. The average Bonchev–Trinajstić information content (AvgIpc) is 3.12. The number of thioether (sulfide) groups is 1. The van der Waals surface area contributed by atoms with Gasteiger partial charge in [-0.2, -0.15) is 0 Å². The molecule has 1 amide bonds. The molecule has 0 aliphatic carbocycles. The van der Waals surface area contributed by atoms with Crippen LogP contribution >= 0.6 is 11.8 Å². The topological polar surface area (TPSA) is 51.0 Å². The summed E-state index contributed by atoms with van der Waals surface area (Å²) < 4.78 is 1.84. The summed E-state index contributed by atoms with van der Waals surface area (Å²) in [7, 11) is 1.89. The molecule has 30 heavy (non-hydrogen) atoms. The molecule has 1 aliphatic heterocycles. The molecular formula is C24H28N4OS. The van der Waals surface area contributed by atoms with Gasteiger partial charge in [-0.3, -0.25) is 4.79 Å². The number of rotatable bonds is 4. The molecule has 3 aromatic rings. The number of carbonyl (C=O) groups is 1. The number of hydrogen-bond donors (Lipinski definition) is 0. The molecular weight excluding hydrogens is 392 g/mol. The third-order valence-electron chi connectivity index (χ3n) is 6.03. The van der Waals surface area contributed by atoms with Crippen LogP contribution < -0.4 is 4.90 Å². The molecule has 6 heteroatoms. The van der Waals surface area contributed by atoms with Crippen LogP contribution in [-0.4, -0.2) is 32.0 Å². The van der Waals surface area contributed by atoms with E-state index >= 15 is 0 Å². The average molecular weight is 421 g/mol. The molecule has 0 bridgehead atoms. The van der Waals surface area contributed by atoms with Crippen LogP contribution in [0.5, 0.6) is 0 Å². The van der Waals surface area contributed by atoms with Crippen molar-refractivity contribution in [2.24, 2.45) is 7.05 Å². The van der Waals surface area contributed by atoms with E-state index < -0.39 is 0 Å². The van der Waals surface area contributed by atoms with Crippen molar-refractivity contribution in [3.63, 3.8) is 0 Å². The van der Waals surface area contributed by atoms with Gasteiger partial charge in [0.2, 0.25) is 5.91 Å². The standard InChI is InChI=1S/C24H28N4OS/c1-17-11-12-20-19(13-17)24(4,18-9-7-6-8-10-18)15-23(2,3)28(20)21(29)14-30-22-26-25-16-27(22)5/h6-13,16H,14-15H2,1-5H3. The Morgan fingerprint density at radius 1 is 1.13 bits per heavy atom. The number of amides is 1. The maximum Gasteiger partial charge on any atom is 0.237 e. The Morgan fingerprint density at radius 2 is 1.87 bits per heavy atom. The highest BCUT2D eigenvalue weighted by molar-refractivity contribution is 7.99. The number of carbonyl (C=O) groups excluding carboxylic acids is 1. The SMILES string of the molecule is Cc1ccc2c(c1)C(C)(c1ccccc1)CC(C)(C)N2C(=O)CSc1nncn1C. The summed E-state index contributed by atoms with van der Waals surface area (Å²) in [6.45, 7) is 8.75. The van der Waals surface area contributed by atoms with Gasteiger partial charge in [-0.1, -0.05) is 66.7 Å². The van der Waals surface area contributed by atoms with E-state index in [4.69, 9.17) is 0 Å². The minimum atomic E-state index is -0.329. The number of hydrogen-bond acceptors (Lipinski definition) is 4. The van der Waals surface area contributed by atoms with Gasteiger partial charge < -0.3 is 9.47 Å². The van der Waals surface area contributed by atoms with Crippen molar-refractivity contribution in [3.8, 4) is 0 Å². The lowest BCUT2D eigenvalue weighted by atomic mass is 9.65. The van der Waals surface area contributed by atoms with Crippen LogP contribution in [0.3, 0.4) is 0 Å². The quantitative estimate of drug-likeness (QED) is 0.572. The molecule has 2 aromatic carbocycles. The molecule has 1 aromatic heterocycles. The van der Waals surface area contributed by atoms with Gasteiger partial charge in [0, 0.05) is 23.7 Å². The normalized spacial score (nSPS) is 20.1.